The second-order valence-electron chi connectivity index (χ2n) is 9.75. The van der Waals surface area contributed by atoms with Gasteiger partial charge in [0.25, 0.3) is 0 Å². The maximum atomic E-state index is 15.4. The summed E-state index contributed by atoms with van der Waals surface area (Å²) in [6, 6.07) is 0. The van der Waals surface area contributed by atoms with Crippen LogP contribution in [-0.4, -0.2) is 50.5 Å². The standard InChI is InChI=1S/C25H39FO5/c26-22(18-19-6-1-2-7-19)23(31-24-9-3-4-15-28-24)11-10-20-12-13-25(29-16-17-30-25)21(20)8-5-14-27/h10-11,14,19-24H,1-9,12-13,15-18H2/b11-10+. The number of hydrogen-bond acceptors (Lipinski definition) is 5. The molecule has 0 amide bonds. The van der Waals surface area contributed by atoms with Gasteiger partial charge in [0, 0.05) is 25.4 Å². The third-order valence-corrected chi connectivity index (χ3v) is 7.66. The average Bonchev–Trinajstić information content (AvgIpc) is 3.54. The van der Waals surface area contributed by atoms with Crippen LogP contribution in [-0.2, 0) is 23.7 Å². The van der Waals surface area contributed by atoms with Gasteiger partial charge < -0.3 is 23.7 Å². The van der Waals surface area contributed by atoms with Gasteiger partial charge in [-0.1, -0.05) is 37.8 Å². The molecule has 2 saturated heterocycles. The van der Waals surface area contributed by atoms with E-state index in [0.717, 1.165) is 57.7 Å². The van der Waals surface area contributed by atoms with Crippen molar-refractivity contribution in [2.45, 2.75) is 101 Å². The minimum atomic E-state index is -1.02. The molecule has 1 spiro atoms. The molecule has 4 fully saturated rings. The lowest BCUT2D eigenvalue weighted by Gasteiger charge is -2.31. The Morgan fingerprint density at radius 3 is 2.52 bits per heavy atom. The molecule has 0 radical (unpaired) electrons. The average molecular weight is 439 g/mol. The van der Waals surface area contributed by atoms with Gasteiger partial charge in [0.1, 0.15) is 18.6 Å². The molecule has 0 aromatic heterocycles. The topological polar surface area (TPSA) is 54.0 Å². The molecule has 5 nitrogen and oxygen atoms in total. The van der Waals surface area contributed by atoms with Crippen LogP contribution in [0.4, 0.5) is 4.39 Å². The van der Waals surface area contributed by atoms with Gasteiger partial charge in [-0.05, 0) is 50.4 Å². The largest absolute Gasteiger partial charge is 0.353 e. The van der Waals surface area contributed by atoms with Gasteiger partial charge in [0.15, 0.2) is 12.1 Å². The Bertz CT molecular complexity index is 578. The fraction of sp³-hybridized carbons (Fsp3) is 0.880. The van der Waals surface area contributed by atoms with E-state index in [1.165, 1.54) is 12.8 Å². The van der Waals surface area contributed by atoms with E-state index in [4.69, 9.17) is 18.9 Å². The molecule has 2 aliphatic carbocycles. The van der Waals surface area contributed by atoms with E-state index < -0.39 is 18.1 Å². The van der Waals surface area contributed by atoms with Gasteiger partial charge in [-0.25, -0.2) is 4.39 Å². The molecule has 0 aromatic carbocycles. The molecule has 2 aliphatic heterocycles. The first-order valence-corrected chi connectivity index (χ1v) is 12.5. The minimum absolute atomic E-state index is 0.121. The van der Waals surface area contributed by atoms with Crippen LogP contribution in [0.2, 0.25) is 0 Å². The molecule has 2 saturated carbocycles. The van der Waals surface area contributed by atoms with Crippen molar-refractivity contribution >= 4 is 6.29 Å². The van der Waals surface area contributed by atoms with Crippen LogP contribution in [0.3, 0.4) is 0 Å². The summed E-state index contributed by atoms with van der Waals surface area (Å²) in [5.41, 5.74) is 0. The number of halogens is 1. The third-order valence-electron chi connectivity index (χ3n) is 7.66. The van der Waals surface area contributed by atoms with Gasteiger partial charge in [0.2, 0.25) is 0 Å². The van der Waals surface area contributed by atoms with Crippen molar-refractivity contribution in [2.24, 2.45) is 17.8 Å². The predicted molar refractivity (Wildman–Crippen MR) is 115 cm³/mol. The zero-order chi connectivity index (χ0) is 21.5. The van der Waals surface area contributed by atoms with Crippen LogP contribution in [0.5, 0.6) is 0 Å². The van der Waals surface area contributed by atoms with E-state index in [1.807, 2.05) is 6.08 Å². The first-order chi connectivity index (χ1) is 15.2. The summed E-state index contributed by atoms with van der Waals surface area (Å²) in [5.74, 6) is 0.225. The summed E-state index contributed by atoms with van der Waals surface area (Å²) < 4.78 is 39.3. The Balaban J connectivity index is 1.43. The highest BCUT2D eigenvalue weighted by molar-refractivity contribution is 5.49. The molecule has 31 heavy (non-hydrogen) atoms. The van der Waals surface area contributed by atoms with Crippen molar-refractivity contribution in [1.82, 2.24) is 0 Å². The Labute approximate surface area is 186 Å². The first kappa shape index (κ1) is 23.3. The summed E-state index contributed by atoms with van der Waals surface area (Å²) in [4.78, 5) is 11.0. The molecular weight excluding hydrogens is 399 g/mol. The molecular formula is C25H39FO5. The van der Waals surface area contributed by atoms with Crippen LogP contribution in [0.25, 0.3) is 0 Å². The Morgan fingerprint density at radius 1 is 1.03 bits per heavy atom. The quantitative estimate of drug-likeness (QED) is 0.350. The highest BCUT2D eigenvalue weighted by Crippen LogP contribution is 2.48. The molecule has 2 heterocycles. The number of alkyl halides is 1. The number of allylic oxidation sites excluding steroid dienone is 1. The predicted octanol–water partition coefficient (Wildman–Crippen LogP) is 5.12. The Kier molecular flexibility index (Phi) is 8.55. The minimum Gasteiger partial charge on any atom is -0.353 e. The number of carbonyl (C=O) groups excluding carboxylic acids is 1. The number of rotatable bonds is 10. The summed E-state index contributed by atoms with van der Waals surface area (Å²) in [7, 11) is 0. The smallest absolute Gasteiger partial charge is 0.171 e. The lowest BCUT2D eigenvalue weighted by Crippen LogP contribution is -2.37. The Hall–Kier alpha value is -0.820. The second-order valence-corrected chi connectivity index (χ2v) is 9.75. The van der Waals surface area contributed by atoms with Crippen LogP contribution in [0.1, 0.15) is 77.0 Å². The first-order valence-electron chi connectivity index (χ1n) is 12.5. The fourth-order valence-corrected chi connectivity index (χ4v) is 6.02. The highest BCUT2D eigenvalue weighted by Gasteiger charge is 2.51. The van der Waals surface area contributed by atoms with E-state index in [-0.39, 0.29) is 18.1 Å². The zero-order valence-corrected chi connectivity index (χ0v) is 18.7. The van der Waals surface area contributed by atoms with Crippen molar-refractivity contribution in [1.29, 1.82) is 0 Å². The highest BCUT2D eigenvalue weighted by atomic mass is 19.1. The van der Waals surface area contributed by atoms with E-state index in [2.05, 4.69) is 6.08 Å². The summed E-state index contributed by atoms with van der Waals surface area (Å²) >= 11 is 0. The van der Waals surface area contributed by atoms with Crippen LogP contribution in [0.15, 0.2) is 12.2 Å². The molecule has 0 aromatic rings. The molecule has 4 aliphatic rings. The van der Waals surface area contributed by atoms with Crippen molar-refractivity contribution in [3.8, 4) is 0 Å². The zero-order valence-electron chi connectivity index (χ0n) is 18.7. The van der Waals surface area contributed by atoms with Gasteiger partial charge in [-0.3, -0.25) is 0 Å². The third kappa shape index (κ3) is 5.95. The van der Waals surface area contributed by atoms with Crippen molar-refractivity contribution in [3.05, 3.63) is 12.2 Å². The lowest BCUT2D eigenvalue weighted by atomic mass is 9.87. The second kappa shape index (κ2) is 11.4. The molecule has 4 rings (SSSR count). The number of ether oxygens (including phenoxy) is 4. The molecule has 0 N–H and O–H groups in total. The summed E-state index contributed by atoms with van der Waals surface area (Å²) in [5, 5.41) is 0. The summed E-state index contributed by atoms with van der Waals surface area (Å²) in [6.45, 7) is 1.90. The van der Waals surface area contributed by atoms with Gasteiger partial charge in [0.05, 0.1) is 13.2 Å². The summed E-state index contributed by atoms with van der Waals surface area (Å²) in [6.07, 6.45) is 14.3. The molecule has 0 bridgehead atoms. The van der Waals surface area contributed by atoms with Gasteiger partial charge >= 0.3 is 0 Å². The maximum Gasteiger partial charge on any atom is 0.171 e. The van der Waals surface area contributed by atoms with E-state index in [9.17, 15) is 4.79 Å². The van der Waals surface area contributed by atoms with Crippen LogP contribution >= 0.6 is 0 Å². The maximum absolute atomic E-state index is 15.4. The van der Waals surface area contributed by atoms with Gasteiger partial charge in [-0.2, -0.15) is 0 Å². The fourth-order valence-electron chi connectivity index (χ4n) is 6.02. The van der Waals surface area contributed by atoms with Crippen LogP contribution in [0, 0.1) is 17.8 Å². The molecule has 5 unspecified atom stereocenters. The number of hydrogen-bond donors (Lipinski definition) is 0. The van der Waals surface area contributed by atoms with Crippen molar-refractivity contribution < 1.29 is 28.1 Å². The number of carbonyl (C=O) groups is 1. The lowest BCUT2D eigenvalue weighted by molar-refractivity contribution is -0.190. The molecule has 6 heteroatoms. The van der Waals surface area contributed by atoms with Gasteiger partial charge in [-0.15, -0.1) is 0 Å². The van der Waals surface area contributed by atoms with Crippen LogP contribution < -0.4 is 0 Å². The molecule has 5 atom stereocenters. The monoisotopic (exact) mass is 438 g/mol. The van der Waals surface area contributed by atoms with E-state index in [0.29, 0.717) is 38.6 Å². The molecule has 176 valence electrons. The number of aldehydes is 1. The van der Waals surface area contributed by atoms with E-state index >= 15 is 4.39 Å². The van der Waals surface area contributed by atoms with E-state index in [1.54, 1.807) is 0 Å². The van der Waals surface area contributed by atoms with Crippen molar-refractivity contribution in [3.63, 3.8) is 0 Å². The SMILES string of the molecule is O=CCCC1C(/C=C/C(OC2CCCCO2)C(F)CC2CCCC2)CCC12OCCO2. The Morgan fingerprint density at radius 2 is 1.81 bits per heavy atom. The van der Waals surface area contributed by atoms with Crippen molar-refractivity contribution in [2.75, 3.05) is 19.8 Å². The normalized spacial score (nSPS) is 33.4.